The lowest BCUT2D eigenvalue weighted by Crippen LogP contribution is -2.35. The molecular weight excluding hydrogens is 412 g/mol. The largest absolute Gasteiger partial charge is 0.353 e. The first-order valence-electron chi connectivity index (χ1n) is 11.3. The third-order valence-corrected chi connectivity index (χ3v) is 5.97. The number of aromatic nitrogens is 3. The summed E-state index contributed by atoms with van der Waals surface area (Å²) in [5, 5.41) is 7.64. The van der Waals surface area contributed by atoms with Crippen LogP contribution in [0, 0.1) is 0 Å². The molecule has 0 bridgehead atoms. The third kappa shape index (κ3) is 4.51. The molecule has 5 rings (SSSR count). The minimum absolute atomic E-state index is 0.0923. The Balaban J connectivity index is 1.34. The summed E-state index contributed by atoms with van der Waals surface area (Å²) in [6.07, 6.45) is 2.10. The Kier molecular flexibility index (Phi) is 5.89. The molecule has 0 aliphatic heterocycles. The van der Waals surface area contributed by atoms with Crippen LogP contribution in [0.5, 0.6) is 0 Å². The molecule has 1 heterocycles. The van der Waals surface area contributed by atoms with Gasteiger partial charge in [0.2, 0.25) is 5.91 Å². The number of benzene rings is 3. The summed E-state index contributed by atoms with van der Waals surface area (Å²) >= 11 is 0. The molecule has 1 saturated carbocycles. The SMILES string of the molecule is O=C(NCCn1nc(C2CC2)n(-c2ccccc2)c1=O)C(c1ccccc1)c1ccccc1. The zero-order valence-electron chi connectivity index (χ0n) is 18.3. The maximum absolute atomic E-state index is 13.2. The second kappa shape index (κ2) is 9.28. The maximum Gasteiger partial charge on any atom is 0.350 e. The van der Waals surface area contributed by atoms with Gasteiger partial charge in [-0.3, -0.25) is 4.79 Å². The molecule has 0 radical (unpaired) electrons. The molecule has 1 aromatic heterocycles. The van der Waals surface area contributed by atoms with Crippen molar-refractivity contribution in [1.82, 2.24) is 19.7 Å². The molecule has 0 saturated heterocycles. The van der Waals surface area contributed by atoms with Gasteiger partial charge in [0, 0.05) is 12.5 Å². The van der Waals surface area contributed by atoms with E-state index in [0.717, 1.165) is 35.5 Å². The van der Waals surface area contributed by atoms with E-state index in [4.69, 9.17) is 0 Å². The molecule has 0 spiro atoms. The lowest BCUT2D eigenvalue weighted by Gasteiger charge is -2.17. The van der Waals surface area contributed by atoms with Crippen molar-refractivity contribution in [1.29, 1.82) is 0 Å². The third-order valence-electron chi connectivity index (χ3n) is 5.97. The molecule has 1 aliphatic carbocycles. The molecule has 1 N–H and O–H groups in total. The molecule has 0 atom stereocenters. The number of nitrogens with one attached hydrogen (secondary N) is 1. The summed E-state index contributed by atoms with van der Waals surface area (Å²) in [4.78, 5) is 26.3. The normalized spacial score (nSPS) is 13.2. The molecular formula is C27H26N4O2. The standard InChI is InChI=1S/C27H26N4O2/c32-26(24(20-10-4-1-5-11-20)21-12-6-2-7-13-21)28-18-19-30-27(33)31(23-14-8-3-9-15-23)25(29-30)22-16-17-22/h1-15,22,24H,16-19H2,(H,28,32). The van der Waals surface area contributed by atoms with Crippen LogP contribution in [0.15, 0.2) is 95.8 Å². The summed E-state index contributed by atoms with van der Waals surface area (Å²) in [5.74, 6) is 0.636. The average molecular weight is 439 g/mol. The van der Waals surface area contributed by atoms with Crippen LogP contribution in [-0.2, 0) is 11.3 Å². The number of amides is 1. The summed E-state index contributed by atoms with van der Waals surface area (Å²) < 4.78 is 3.18. The van der Waals surface area contributed by atoms with Crippen molar-refractivity contribution >= 4 is 5.91 Å². The Morgan fingerprint density at radius 2 is 1.42 bits per heavy atom. The van der Waals surface area contributed by atoms with E-state index in [1.807, 2.05) is 91.0 Å². The Bertz CT molecular complexity index is 1240. The molecule has 33 heavy (non-hydrogen) atoms. The molecule has 6 heteroatoms. The maximum atomic E-state index is 13.2. The molecule has 1 aliphatic rings. The highest BCUT2D eigenvalue weighted by Gasteiger charge is 2.31. The molecule has 6 nitrogen and oxygen atoms in total. The summed E-state index contributed by atoms with van der Waals surface area (Å²) in [6.45, 7) is 0.644. The van der Waals surface area contributed by atoms with E-state index in [0.29, 0.717) is 19.0 Å². The van der Waals surface area contributed by atoms with Crippen LogP contribution in [0.3, 0.4) is 0 Å². The molecule has 1 fully saturated rings. The lowest BCUT2D eigenvalue weighted by molar-refractivity contribution is -0.121. The Labute approximate surface area is 192 Å². The van der Waals surface area contributed by atoms with Crippen molar-refractivity contribution in [2.24, 2.45) is 0 Å². The molecule has 1 amide bonds. The van der Waals surface area contributed by atoms with Gasteiger partial charge in [0.05, 0.1) is 18.2 Å². The highest BCUT2D eigenvalue weighted by atomic mass is 16.2. The molecule has 166 valence electrons. The van der Waals surface area contributed by atoms with Gasteiger partial charge in [0.15, 0.2) is 0 Å². The van der Waals surface area contributed by atoms with E-state index in [-0.39, 0.29) is 11.6 Å². The Morgan fingerprint density at radius 1 is 0.879 bits per heavy atom. The van der Waals surface area contributed by atoms with E-state index < -0.39 is 5.92 Å². The van der Waals surface area contributed by atoms with E-state index in [1.54, 1.807) is 4.57 Å². The van der Waals surface area contributed by atoms with Crippen LogP contribution >= 0.6 is 0 Å². The monoisotopic (exact) mass is 438 g/mol. The van der Waals surface area contributed by atoms with Gasteiger partial charge >= 0.3 is 5.69 Å². The van der Waals surface area contributed by atoms with E-state index in [2.05, 4.69) is 10.4 Å². The van der Waals surface area contributed by atoms with Gasteiger partial charge in [-0.1, -0.05) is 78.9 Å². The first-order valence-corrected chi connectivity index (χ1v) is 11.3. The fraction of sp³-hybridized carbons (Fsp3) is 0.222. The number of hydrogen-bond acceptors (Lipinski definition) is 3. The van der Waals surface area contributed by atoms with Crippen LogP contribution in [-0.4, -0.2) is 26.8 Å². The fourth-order valence-electron chi connectivity index (χ4n) is 4.17. The van der Waals surface area contributed by atoms with Crippen LogP contribution in [0.4, 0.5) is 0 Å². The van der Waals surface area contributed by atoms with Crippen molar-refractivity contribution in [3.8, 4) is 5.69 Å². The number of rotatable bonds is 8. The first-order chi connectivity index (χ1) is 16.2. The first kappa shape index (κ1) is 20.9. The predicted octanol–water partition coefficient (Wildman–Crippen LogP) is 3.86. The summed E-state index contributed by atoms with van der Waals surface area (Å²) in [7, 11) is 0. The van der Waals surface area contributed by atoms with Crippen molar-refractivity contribution in [2.75, 3.05) is 6.54 Å². The van der Waals surface area contributed by atoms with E-state index in [9.17, 15) is 9.59 Å². The van der Waals surface area contributed by atoms with Crippen molar-refractivity contribution < 1.29 is 4.79 Å². The van der Waals surface area contributed by atoms with Crippen LogP contribution in [0.2, 0.25) is 0 Å². The zero-order chi connectivity index (χ0) is 22.6. The minimum atomic E-state index is -0.409. The highest BCUT2D eigenvalue weighted by molar-refractivity contribution is 5.87. The molecule has 4 aromatic rings. The lowest BCUT2D eigenvalue weighted by atomic mass is 9.90. The van der Waals surface area contributed by atoms with E-state index >= 15 is 0 Å². The number of para-hydroxylation sites is 1. The summed E-state index contributed by atoms with van der Waals surface area (Å²) in [5.41, 5.74) is 2.53. The van der Waals surface area contributed by atoms with Crippen LogP contribution in [0.25, 0.3) is 5.69 Å². The summed E-state index contributed by atoms with van der Waals surface area (Å²) in [6, 6.07) is 29.1. The molecule has 3 aromatic carbocycles. The predicted molar refractivity (Wildman–Crippen MR) is 128 cm³/mol. The fourth-order valence-corrected chi connectivity index (χ4v) is 4.17. The average Bonchev–Trinajstić information content (AvgIpc) is 3.65. The van der Waals surface area contributed by atoms with Crippen molar-refractivity contribution in [2.45, 2.75) is 31.2 Å². The second-order valence-electron chi connectivity index (χ2n) is 8.35. The van der Waals surface area contributed by atoms with Gasteiger partial charge in [0.1, 0.15) is 5.82 Å². The van der Waals surface area contributed by atoms with E-state index in [1.165, 1.54) is 4.68 Å². The number of hydrogen-bond donors (Lipinski definition) is 1. The smallest absolute Gasteiger partial charge is 0.350 e. The number of carbonyl (C=O) groups excluding carboxylic acids is 1. The minimum Gasteiger partial charge on any atom is -0.353 e. The second-order valence-corrected chi connectivity index (χ2v) is 8.35. The number of carbonyl (C=O) groups is 1. The van der Waals surface area contributed by atoms with Crippen LogP contribution in [0.1, 0.15) is 41.6 Å². The van der Waals surface area contributed by atoms with Gasteiger partial charge < -0.3 is 5.32 Å². The van der Waals surface area contributed by atoms with Gasteiger partial charge in [0.25, 0.3) is 0 Å². The van der Waals surface area contributed by atoms with Gasteiger partial charge in [-0.2, -0.15) is 5.10 Å². The molecule has 0 unspecified atom stereocenters. The van der Waals surface area contributed by atoms with Crippen molar-refractivity contribution in [3.05, 3.63) is 118 Å². The number of nitrogens with zero attached hydrogens (tertiary/aromatic N) is 3. The quantitative estimate of drug-likeness (QED) is 0.454. The van der Waals surface area contributed by atoms with Gasteiger partial charge in [-0.25, -0.2) is 14.0 Å². The highest BCUT2D eigenvalue weighted by Crippen LogP contribution is 2.39. The Hall–Kier alpha value is -3.93. The van der Waals surface area contributed by atoms with Gasteiger partial charge in [-0.15, -0.1) is 0 Å². The topological polar surface area (TPSA) is 68.9 Å². The van der Waals surface area contributed by atoms with Gasteiger partial charge in [-0.05, 0) is 36.1 Å². The van der Waals surface area contributed by atoms with Crippen LogP contribution < -0.4 is 11.0 Å². The Morgan fingerprint density at radius 3 is 1.97 bits per heavy atom. The zero-order valence-corrected chi connectivity index (χ0v) is 18.3. The van der Waals surface area contributed by atoms with Crippen molar-refractivity contribution in [3.63, 3.8) is 0 Å².